The number of anilines is 3. The van der Waals surface area contributed by atoms with Gasteiger partial charge in [-0.25, -0.2) is 17.9 Å². The van der Waals surface area contributed by atoms with Gasteiger partial charge in [0.25, 0.3) is 0 Å². The predicted molar refractivity (Wildman–Crippen MR) is 132 cm³/mol. The van der Waals surface area contributed by atoms with E-state index in [4.69, 9.17) is 0 Å². The number of nitrogens with zero attached hydrogens (tertiary/aromatic N) is 3. The number of sulfone groups is 1. The fourth-order valence-electron chi connectivity index (χ4n) is 4.27. The highest BCUT2D eigenvalue weighted by Gasteiger charge is 2.28. The first kappa shape index (κ1) is 22.1. The maximum absolute atomic E-state index is 12.2. The quantitative estimate of drug-likeness (QED) is 0.449. The first-order valence-corrected chi connectivity index (χ1v) is 12.9. The van der Waals surface area contributed by atoms with Gasteiger partial charge in [0, 0.05) is 29.6 Å². The first-order valence-electron chi connectivity index (χ1n) is 11.0. The van der Waals surface area contributed by atoms with Crippen molar-refractivity contribution in [3.05, 3.63) is 66.4 Å². The van der Waals surface area contributed by atoms with Crippen LogP contribution in [0.5, 0.6) is 0 Å². The standard InChI is InChI=1S/C25H25N5O3S/c1-25(2)13-12-23(31)28-21-14-17(6-10-20(21)25)27-24-26-15-18-7-11-22(30(18)29-24)16-4-8-19(9-5-16)34(3,32)33/h4-11,14-15H,12-13H2,1-3H3,(H,27,29)(H,28,31). The van der Waals surface area contributed by atoms with Crippen LogP contribution in [0.15, 0.2) is 65.7 Å². The number of fused-ring (bicyclic) bond motifs is 2. The van der Waals surface area contributed by atoms with Crippen LogP contribution in [-0.2, 0) is 20.0 Å². The third kappa shape index (κ3) is 4.14. The Labute approximate surface area is 198 Å². The van der Waals surface area contributed by atoms with E-state index in [1.165, 1.54) is 6.26 Å². The van der Waals surface area contributed by atoms with Crippen LogP contribution in [0.4, 0.5) is 17.3 Å². The molecule has 0 unspecified atom stereocenters. The normalized spacial score (nSPS) is 15.4. The molecule has 34 heavy (non-hydrogen) atoms. The van der Waals surface area contributed by atoms with Crippen molar-refractivity contribution in [2.75, 3.05) is 16.9 Å². The van der Waals surface area contributed by atoms with E-state index in [9.17, 15) is 13.2 Å². The lowest BCUT2D eigenvalue weighted by Gasteiger charge is -2.24. The lowest BCUT2D eigenvalue weighted by Crippen LogP contribution is -2.16. The van der Waals surface area contributed by atoms with Crippen molar-refractivity contribution < 1.29 is 13.2 Å². The van der Waals surface area contributed by atoms with Crippen molar-refractivity contribution >= 4 is 38.6 Å². The van der Waals surface area contributed by atoms with Crippen molar-refractivity contribution in [2.24, 2.45) is 0 Å². The van der Waals surface area contributed by atoms with E-state index in [0.29, 0.717) is 12.4 Å². The Morgan fingerprint density at radius 1 is 1.06 bits per heavy atom. The van der Waals surface area contributed by atoms with Gasteiger partial charge in [-0.15, -0.1) is 5.10 Å². The summed E-state index contributed by atoms with van der Waals surface area (Å²) in [6.45, 7) is 4.29. The minimum Gasteiger partial charge on any atom is -0.326 e. The summed E-state index contributed by atoms with van der Waals surface area (Å²) in [7, 11) is -3.26. The highest BCUT2D eigenvalue weighted by atomic mass is 32.2. The van der Waals surface area contributed by atoms with E-state index in [1.807, 2.05) is 30.3 Å². The van der Waals surface area contributed by atoms with Crippen molar-refractivity contribution in [3.8, 4) is 11.3 Å². The number of aromatic nitrogens is 3. The van der Waals surface area contributed by atoms with Crippen LogP contribution in [0.25, 0.3) is 16.8 Å². The van der Waals surface area contributed by atoms with Gasteiger partial charge in [0.15, 0.2) is 9.84 Å². The Morgan fingerprint density at radius 3 is 2.56 bits per heavy atom. The van der Waals surface area contributed by atoms with Gasteiger partial charge >= 0.3 is 0 Å². The SMILES string of the molecule is CC1(C)CCC(=O)Nc2cc(Nc3ncc4ccc(-c5ccc(S(C)(=O)=O)cc5)n4n3)ccc21. The summed E-state index contributed by atoms with van der Waals surface area (Å²) in [6, 6.07) is 16.5. The van der Waals surface area contributed by atoms with Gasteiger partial charge in [-0.3, -0.25) is 4.79 Å². The minimum absolute atomic E-state index is 0.0144. The molecule has 0 radical (unpaired) electrons. The molecule has 0 saturated carbocycles. The number of benzene rings is 2. The van der Waals surface area contributed by atoms with Gasteiger partial charge in [0.05, 0.1) is 22.3 Å². The number of rotatable bonds is 4. The predicted octanol–water partition coefficient (Wildman–Crippen LogP) is 4.55. The number of amides is 1. The van der Waals surface area contributed by atoms with Gasteiger partial charge in [-0.05, 0) is 53.8 Å². The molecule has 0 fully saturated rings. The van der Waals surface area contributed by atoms with Gasteiger partial charge < -0.3 is 10.6 Å². The number of carbonyl (C=O) groups excluding carboxylic acids is 1. The van der Waals surface area contributed by atoms with Crippen LogP contribution in [0.1, 0.15) is 32.3 Å². The number of carbonyl (C=O) groups is 1. The van der Waals surface area contributed by atoms with Crippen LogP contribution in [0.3, 0.4) is 0 Å². The lowest BCUT2D eigenvalue weighted by atomic mass is 9.80. The van der Waals surface area contributed by atoms with Crippen LogP contribution < -0.4 is 10.6 Å². The van der Waals surface area contributed by atoms with E-state index in [0.717, 1.165) is 40.1 Å². The molecular weight excluding hydrogens is 450 g/mol. The molecule has 3 heterocycles. The van der Waals surface area contributed by atoms with E-state index in [1.54, 1.807) is 35.0 Å². The molecule has 2 aromatic carbocycles. The highest BCUT2D eigenvalue weighted by Crippen LogP contribution is 2.38. The fourth-order valence-corrected chi connectivity index (χ4v) is 4.90. The Kier molecular flexibility index (Phi) is 5.16. The molecule has 174 valence electrons. The number of nitrogens with one attached hydrogen (secondary N) is 2. The van der Waals surface area contributed by atoms with Crippen LogP contribution in [0.2, 0.25) is 0 Å². The molecule has 4 aromatic rings. The maximum Gasteiger partial charge on any atom is 0.245 e. The smallest absolute Gasteiger partial charge is 0.245 e. The van der Waals surface area contributed by atoms with Crippen LogP contribution in [-0.4, -0.2) is 35.2 Å². The third-order valence-corrected chi connectivity index (χ3v) is 7.36. The average molecular weight is 476 g/mol. The largest absolute Gasteiger partial charge is 0.326 e. The molecule has 0 aliphatic carbocycles. The molecular formula is C25H25N5O3S. The molecule has 1 aliphatic rings. The molecule has 0 bridgehead atoms. The number of hydrogen-bond donors (Lipinski definition) is 2. The Balaban J connectivity index is 1.47. The lowest BCUT2D eigenvalue weighted by molar-refractivity contribution is -0.116. The molecule has 2 aromatic heterocycles. The summed E-state index contributed by atoms with van der Waals surface area (Å²) in [6.07, 6.45) is 4.19. The zero-order valence-electron chi connectivity index (χ0n) is 19.2. The molecule has 1 aliphatic heterocycles. The summed E-state index contributed by atoms with van der Waals surface area (Å²) in [4.78, 5) is 16.9. The molecule has 5 rings (SSSR count). The van der Waals surface area contributed by atoms with Gasteiger partial charge in [0.2, 0.25) is 11.9 Å². The first-order chi connectivity index (χ1) is 16.1. The Hall–Kier alpha value is -3.72. The second-order valence-corrected chi connectivity index (χ2v) is 11.3. The zero-order valence-corrected chi connectivity index (χ0v) is 20.0. The van der Waals surface area contributed by atoms with E-state index in [-0.39, 0.29) is 16.2 Å². The summed E-state index contributed by atoms with van der Waals surface area (Å²) >= 11 is 0. The summed E-state index contributed by atoms with van der Waals surface area (Å²) in [5.74, 6) is 0.414. The summed E-state index contributed by atoms with van der Waals surface area (Å²) < 4.78 is 25.3. The topological polar surface area (TPSA) is 105 Å². The summed E-state index contributed by atoms with van der Waals surface area (Å²) in [5, 5.41) is 10.9. The molecule has 0 atom stereocenters. The molecule has 2 N–H and O–H groups in total. The Morgan fingerprint density at radius 2 is 1.82 bits per heavy atom. The Bertz CT molecular complexity index is 1520. The van der Waals surface area contributed by atoms with E-state index >= 15 is 0 Å². The molecule has 9 heteroatoms. The molecule has 0 spiro atoms. The van der Waals surface area contributed by atoms with Gasteiger partial charge in [-0.2, -0.15) is 0 Å². The molecule has 8 nitrogen and oxygen atoms in total. The van der Waals surface area contributed by atoms with Crippen molar-refractivity contribution in [1.29, 1.82) is 0 Å². The molecule has 0 saturated heterocycles. The van der Waals surface area contributed by atoms with E-state index in [2.05, 4.69) is 34.6 Å². The van der Waals surface area contributed by atoms with Crippen LogP contribution in [0, 0.1) is 0 Å². The van der Waals surface area contributed by atoms with Crippen LogP contribution >= 0.6 is 0 Å². The fraction of sp³-hybridized carbons (Fsp3) is 0.240. The second-order valence-electron chi connectivity index (χ2n) is 9.25. The van der Waals surface area contributed by atoms with E-state index < -0.39 is 9.84 Å². The third-order valence-electron chi connectivity index (χ3n) is 6.23. The number of hydrogen-bond acceptors (Lipinski definition) is 6. The average Bonchev–Trinajstić information content (AvgIpc) is 3.16. The monoisotopic (exact) mass is 475 g/mol. The second kappa shape index (κ2) is 7.95. The minimum atomic E-state index is -3.26. The zero-order chi connectivity index (χ0) is 24.1. The summed E-state index contributed by atoms with van der Waals surface area (Å²) in [5.41, 5.74) is 5.03. The maximum atomic E-state index is 12.2. The van der Waals surface area contributed by atoms with Crippen molar-refractivity contribution in [3.63, 3.8) is 0 Å². The van der Waals surface area contributed by atoms with Gasteiger partial charge in [-0.1, -0.05) is 32.0 Å². The highest BCUT2D eigenvalue weighted by molar-refractivity contribution is 7.90. The van der Waals surface area contributed by atoms with Gasteiger partial charge in [0.1, 0.15) is 0 Å². The van der Waals surface area contributed by atoms with Crippen molar-refractivity contribution in [2.45, 2.75) is 37.0 Å². The molecule has 1 amide bonds. The van der Waals surface area contributed by atoms with Crippen molar-refractivity contribution in [1.82, 2.24) is 14.6 Å².